The van der Waals surface area contributed by atoms with Crippen molar-refractivity contribution in [1.29, 1.82) is 0 Å². The third-order valence-corrected chi connectivity index (χ3v) is 3.19. The zero-order chi connectivity index (χ0) is 14.4. The number of hydrogen-bond donors (Lipinski definition) is 0. The third-order valence-electron chi connectivity index (χ3n) is 3.19. The molecule has 1 rings (SSSR count). The predicted octanol–water partition coefficient (Wildman–Crippen LogP) is 3.61. The van der Waals surface area contributed by atoms with Crippen molar-refractivity contribution in [2.75, 3.05) is 6.61 Å². The molecule has 0 spiro atoms. The van der Waals surface area contributed by atoms with Gasteiger partial charge in [-0.25, -0.2) is 0 Å². The predicted molar refractivity (Wildman–Crippen MR) is 72.7 cm³/mol. The van der Waals surface area contributed by atoms with E-state index in [1.54, 1.807) is 6.07 Å². The van der Waals surface area contributed by atoms with Gasteiger partial charge in [0.15, 0.2) is 11.5 Å². The van der Waals surface area contributed by atoms with Crippen LogP contribution in [0.2, 0.25) is 0 Å². The number of carbonyl (C=O) groups excluding carboxylic acids is 1. The van der Waals surface area contributed by atoms with Crippen molar-refractivity contribution in [3.63, 3.8) is 0 Å². The summed E-state index contributed by atoms with van der Waals surface area (Å²) in [7, 11) is 0. The number of benzene rings is 1. The summed E-state index contributed by atoms with van der Waals surface area (Å²) in [6.07, 6.45) is 1.94. The number of ether oxygens (including phenoxy) is 1. The zero-order valence-electron chi connectivity index (χ0n) is 11.5. The topological polar surface area (TPSA) is 69.4 Å². The molecule has 0 fully saturated rings. The lowest BCUT2D eigenvalue weighted by Crippen LogP contribution is -2.11. The number of Topliss-reactive ketones (excluding diaryl/α,β-unsaturated/α-hetero) is 1. The second kappa shape index (κ2) is 6.87. The number of ketones is 1. The van der Waals surface area contributed by atoms with E-state index in [1.165, 1.54) is 19.1 Å². The van der Waals surface area contributed by atoms with Gasteiger partial charge in [0.2, 0.25) is 0 Å². The average Bonchev–Trinajstić information content (AvgIpc) is 2.39. The van der Waals surface area contributed by atoms with Crippen molar-refractivity contribution in [2.24, 2.45) is 5.92 Å². The van der Waals surface area contributed by atoms with E-state index < -0.39 is 4.92 Å². The maximum Gasteiger partial charge on any atom is 0.311 e. The monoisotopic (exact) mass is 265 g/mol. The van der Waals surface area contributed by atoms with Crippen LogP contribution < -0.4 is 4.74 Å². The Labute approximate surface area is 112 Å². The van der Waals surface area contributed by atoms with E-state index >= 15 is 0 Å². The molecule has 0 aliphatic rings. The highest BCUT2D eigenvalue weighted by Crippen LogP contribution is 2.29. The van der Waals surface area contributed by atoms with Crippen LogP contribution in [0.5, 0.6) is 5.75 Å². The normalized spacial score (nSPS) is 10.5. The van der Waals surface area contributed by atoms with Crippen LogP contribution in [0.1, 0.15) is 44.0 Å². The molecule has 0 heterocycles. The second-order valence-electron chi connectivity index (χ2n) is 4.49. The van der Waals surface area contributed by atoms with Gasteiger partial charge < -0.3 is 4.74 Å². The van der Waals surface area contributed by atoms with Crippen LogP contribution in [0.3, 0.4) is 0 Å². The van der Waals surface area contributed by atoms with Crippen molar-refractivity contribution in [2.45, 2.75) is 33.6 Å². The molecule has 0 radical (unpaired) electrons. The summed E-state index contributed by atoms with van der Waals surface area (Å²) in [6, 6.07) is 4.32. The Morgan fingerprint density at radius 1 is 1.37 bits per heavy atom. The van der Waals surface area contributed by atoms with Gasteiger partial charge in [0.1, 0.15) is 0 Å². The minimum Gasteiger partial charge on any atom is -0.487 e. The Morgan fingerprint density at radius 3 is 2.47 bits per heavy atom. The minimum atomic E-state index is -0.519. The van der Waals surface area contributed by atoms with Gasteiger partial charge in [-0.15, -0.1) is 0 Å². The first-order valence-electron chi connectivity index (χ1n) is 6.41. The summed E-state index contributed by atoms with van der Waals surface area (Å²) in [5.74, 6) is 0.406. The fourth-order valence-electron chi connectivity index (χ4n) is 1.73. The van der Waals surface area contributed by atoms with Crippen molar-refractivity contribution in [3.05, 3.63) is 33.9 Å². The number of rotatable bonds is 7. The van der Waals surface area contributed by atoms with Gasteiger partial charge in [0.05, 0.1) is 11.5 Å². The van der Waals surface area contributed by atoms with Crippen LogP contribution in [0.15, 0.2) is 18.2 Å². The van der Waals surface area contributed by atoms with E-state index in [0.717, 1.165) is 12.8 Å². The Bertz CT molecular complexity index is 467. The van der Waals surface area contributed by atoms with Crippen LogP contribution in [-0.4, -0.2) is 17.3 Å². The largest absolute Gasteiger partial charge is 0.487 e. The van der Waals surface area contributed by atoms with Gasteiger partial charge in [0.25, 0.3) is 0 Å². The van der Waals surface area contributed by atoms with Crippen LogP contribution in [0.25, 0.3) is 0 Å². The Hall–Kier alpha value is -1.91. The molecule has 0 aliphatic carbocycles. The van der Waals surface area contributed by atoms with E-state index in [1.807, 2.05) is 0 Å². The van der Waals surface area contributed by atoms with Gasteiger partial charge >= 0.3 is 5.69 Å². The maximum absolute atomic E-state index is 11.2. The maximum atomic E-state index is 11.2. The van der Waals surface area contributed by atoms with Gasteiger partial charge in [-0.2, -0.15) is 0 Å². The summed E-state index contributed by atoms with van der Waals surface area (Å²) in [5, 5.41) is 11.0. The molecule has 0 atom stereocenters. The second-order valence-corrected chi connectivity index (χ2v) is 4.49. The lowest BCUT2D eigenvalue weighted by Gasteiger charge is -2.13. The van der Waals surface area contributed by atoms with E-state index in [0.29, 0.717) is 18.1 Å². The number of nitro benzene ring substituents is 1. The van der Waals surface area contributed by atoms with Crippen molar-refractivity contribution in [3.8, 4) is 5.75 Å². The van der Waals surface area contributed by atoms with Crippen LogP contribution >= 0.6 is 0 Å². The lowest BCUT2D eigenvalue weighted by atomic mass is 10.1. The highest BCUT2D eigenvalue weighted by Gasteiger charge is 2.18. The van der Waals surface area contributed by atoms with Crippen LogP contribution in [0.4, 0.5) is 5.69 Å². The van der Waals surface area contributed by atoms with Gasteiger partial charge in [-0.05, 0) is 25.0 Å². The van der Waals surface area contributed by atoms with Crippen LogP contribution in [0, 0.1) is 16.0 Å². The summed E-state index contributed by atoms with van der Waals surface area (Å²) < 4.78 is 5.52. The third kappa shape index (κ3) is 4.05. The van der Waals surface area contributed by atoms with Crippen LogP contribution in [-0.2, 0) is 0 Å². The molecule has 0 aromatic heterocycles. The van der Waals surface area contributed by atoms with Gasteiger partial charge in [0, 0.05) is 11.6 Å². The molecule has 5 heteroatoms. The summed E-state index contributed by atoms with van der Waals surface area (Å²) in [4.78, 5) is 21.7. The van der Waals surface area contributed by atoms with Crippen molar-refractivity contribution < 1.29 is 14.5 Å². The number of nitro groups is 1. The fourth-order valence-corrected chi connectivity index (χ4v) is 1.73. The number of nitrogens with zero attached hydrogens (tertiary/aromatic N) is 1. The summed E-state index contributed by atoms with van der Waals surface area (Å²) in [6.45, 7) is 5.95. The Morgan fingerprint density at radius 2 is 2.00 bits per heavy atom. The molecule has 1 aromatic carbocycles. The fraction of sp³-hybridized carbons (Fsp3) is 0.500. The summed E-state index contributed by atoms with van der Waals surface area (Å²) >= 11 is 0. The minimum absolute atomic E-state index is 0.154. The molecular weight excluding hydrogens is 246 g/mol. The Kier molecular flexibility index (Phi) is 5.48. The van der Waals surface area contributed by atoms with E-state index in [9.17, 15) is 14.9 Å². The first-order valence-corrected chi connectivity index (χ1v) is 6.41. The molecule has 0 saturated heterocycles. The quantitative estimate of drug-likeness (QED) is 0.429. The SMILES string of the molecule is CCC(CC)COc1ccc(C(C)=O)cc1[N+](=O)[O-]. The number of carbonyl (C=O) groups is 1. The van der Waals surface area contributed by atoms with Crippen molar-refractivity contribution in [1.82, 2.24) is 0 Å². The molecule has 0 aliphatic heterocycles. The molecule has 0 unspecified atom stereocenters. The molecular formula is C14H19NO4. The molecule has 0 N–H and O–H groups in total. The lowest BCUT2D eigenvalue weighted by molar-refractivity contribution is -0.385. The molecule has 0 amide bonds. The first-order chi connectivity index (χ1) is 8.99. The molecule has 19 heavy (non-hydrogen) atoms. The zero-order valence-corrected chi connectivity index (χ0v) is 11.5. The van der Waals surface area contributed by atoms with Gasteiger partial charge in [-0.3, -0.25) is 14.9 Å². The smallest absolute Gasteiger partial charge is 0.311 e. The van der Waals surface area contributed by atoms with Gasteiger partial charge in [-0.1, -0.05) is 26.7 Å². The summed E-state index contributed by atoms with van der Waals surface area (Å²) in [5.41, 5.74) is 0.167. The molecule has 0 saturated carbocycles. The first kappa shape index (κ1) is 15.1. The highest BCUT2D eigenvalue weighted by molar-refractivity contribution is 5.95. The highest BCUT2D eigenvalue weighted by atomic mass is 16.6. The standard InChI is InChI=1S/C14H19NO4/c1-4-11(5-2)9-19-14-7-6-12(10(3)16)8-13(14)15(17)18/h6-8,11H,4-5,9H2,1-3H3. The molecule has 1 aromatic rings. The van der Waals surface area contributed by atoms with E-state index in [-0.39, 0.29) is 17.2 Å². The average molecular weight is 265 g/mol. The van der Waals surface area contributed by atoms with Crippen molar-refractivity contribution >= 4 is 11.5 Å². The molecule has 0 bridgehead atoms. The Balaban J connectivity index is 2.94. The molecule has 104 valence electrons. The van der Waals surface area contributed by atoms with E-state index in [4.69, 9.17) is 4.74 Å². The van der Waals surface area contributed by atoms with E-state index in [2.05, 4.69) is 13.8 Å². The molecule has 5 nitrogen and oxygen atoms in total. The number of hydrogen-bond acceptors (Lipinski definition) is 4.